The molecule has 0 aromatic carbocycles. The van der Waals surface area contributed by atoms with Crippen LogP contribution in [0.25, 0.3) is 0 Å². The monoisotopic (exact) mass is 456 g/mol. The van der Waals surface area contributed by atoms with E-state index in [-0.39, 0.29) is 52.2 Å². The highest BCUT2D eigenvalue weighted by Crippen LogP contribution is 2.70. The van der Waals surface area contributed by atoms with Crippen molar-refractivity contribution in [3.05, 3.63) is 48.1 Å². The number of ketones is 1. The molecule has 0 heterocycles. The predicted octanol–water partition coefficient (Wildman–Crippen LogP) is 4.48. The topological polar surface area (TPSA) is 91.7 Å². The molecule has 4 rings (SSSR count). The van der Waals surface area contributed by atoms with Gasteiger partial charge in [-0.15, -0.1) is 0 Å². The summed E-state index contributed by atoms with van der Waals surface area (Å²) in [5, 5.41) is 21.1. The zero-order chi connectivity index (χ0) is 23.6. The van der Waals surface area contributed by atoms with E-state index in [9.17, 15) is 24.6 Å². The lowest BCUT2D eigenvalue weighted by Crippen LogP contribution is -2.57. The number of rotatable bonds is 4. The van der Waals surface area contributed by atoms with Crippen LogP contribution in [0.1, 0.15) is 52.9 Å². The Morgan fingerprint density at radius 2 is 1.97 bits per heavy atom. The van der Waals surface area contributed by atoms with Gasteiger partial charge in [0, 0.05) is 29.4 Å². The Bertz CT molecular complexity index is 992. The first-order valence-electron chi connectivity index (χ1n) is 11.3. The van der Waals surface area contributed by atoms with Crippen molar-refractivity contribution in [3.63, 3.8) is 0 Å². The second kappa shape index (κ2) is 7.56. The average Bonchev–Trinajstić information content (AvgIpc) is 2.85. The fourth-order valence-electron chi connectivity index (χ4n) is 7.30. The first-order chi connectivity index (χ1) is 14.8. The lowest BCUT2D eigenvalue weighted by molar-refractivity contribution is -0.142. The van der Waals surface area contributed by atoms with Crippen LogP contribution in [0, 0.1) is 28.6 Å². The van der Waals surface area contributed by atoms with Crippen LogP contribution in [0.4, 0.5) is 0 Å². The Morgan fingerprint density at radius 3 is 2.59 bits per heavy atom. The van der Waals surface area contributed by atoms with Gasteiger partial charge in [-0.25, -0.2) is 0 Å². The second-order valence-electron chi connectivity index (χ2n) is 10.4. The average molecular weight is 457 g/mol. The number of fused-ring (bicyclic) bond motifs is 5. The summed E-state index contributed by atoms with van der Waals surface area (Å²) in [6.07, 6.45) is 7.54. The number of hydrogen-bond donors (Lipinski definition) is 2. The Balaban J connectivity index is 1.82. The summed E-state index contributed by atoms with van der Waals surface area (Å²) < 4.78 is 0. The number of aliphatic carboxylic acids is 1. The van der Waals surface area contributed by atoms with Gasteiger partial charge in [0.2, 0.25) is 0 Å². The van der Waals surface area contributed by atoms with Gasteiger partial charge in [-0.3, -0.25) is 14.4 Å². The molecule has 7 atom stereocenters. The van der Waals surface area contributed by atoms with E-state index < -0.39 is 17.0 Å². The fraction of sp³-hybridized carbons (Fsp3) is 0.577. The molecule has 3 fully saturated rings. The largest absolute Gasteiger partial charge is 0.481 e. The van der Waals surface area contributed by atoms with Crippen LogP contribution in [-0.4, -0.2) is 37.9 Å². The highest BCUT2D eigenvalue weighted by atomic mass is 32.2. The van der Waals surface area contributed by atoms with Crippen molar-refractivity contribution in [1.29, 1.82) is 0 Å². The standard InChI is InChI=1S/C26H32O5S/c1-14-15(2)26(31,11-8-21(29)30)25(5)10-7-19-22(23(14)25)20(32-16(3)27)13-17-12-18(28)6-9-24(17,19)4/h6,9,12,19-20,22-23,31H,1-2,7-8,10-11,13H2,3-5H3,(H,29,30)/t19-,20?,22-,23-,24-,25-,26+/m0/s1. The van der Waals surface area contributed by atoms with Crippen LogP contribution in [-0.2, 0) is 14.4 Å². The second-order valence-corrected chi connectivity index (χ2v) is 11.8. The molecule has 0 bridgehead atoms. The number of carboxylic acid groups (broad SMARTS) is 1. The van der Waals surface area contributed by atoms with Gasteiger partial charge in [0.15, 0.2) is 10.9 Å². The summed E-state index contributed by atoms with van der Waals surface area (Å²) in [6, 6.07) is 0. The minimum atomic E-state index is -1.33. The molecule has 0 saturated heterocycles. The molecule has 0 radical (unpaired) electrons. The molecule has 2 N–H and O–H groups in total. The molecular weight excluding hydrogens is 424 g/mol. The van der Waals surface area contributed by atoms with E-state index in [0.29, 0.717) is 18.4 Å². The van der Waals surface area contributed by atoms with Gasteiger partial charge in [0.1, 0.15) is 0 Å². The van der Waals surface area contributed by atoms with E-state index in [4.69, 9.17) is 0 Å². The van der Waals surface area contributed by atoms with Gasteiger partial charge in [0.05, 0.1) is 5.60 Å². The van der Waals surface area contributed by atoms with Crippen molar-refractivity contribution in [2.75, 3.05) is 0 Å². The molecule has 0 aromatic rings. The summed E-state index contributed by atoms with van der Waals surface area (Å²) in [7, 11) is 0. The molecule has 0 spiro atoms. The van der Waals surface area contributed by atoms with Crippen LogP contribution in [0.5, 0.6) is 0 Å². The van der Waals surface area contributed by atoms with Gasteiger partial charge >= 0.3 is 5.97 Å². The molecule has 6 heteroatoms. The Labute approximate surface area is 193 Å². The smallest absolute Gasteiger partial charge is 0.303 e. The van der Waals surface area contributed by atoms with Gasteiger partial charge in [-0.2, -0.15) is 0 Å². The fourth-order valence-corrected chi connectivity index (χ4v) is 8.49. The maximum atomic E-state index is 12.2. The number of thioether (sulfide) groups is 1. The van der Waals surface area contributed by atoms with Gasteiger partial charge in [-0.05, 0) is 66.7 Å². The molecule has 1 unspecified atom stereocenters. The van der Waals surface area contributed by atoms with E-state index in [2.05, 4.69) is 20.1 Å². The van der Waals surface area contributed by atoms with Crippen molar-refractivity contribution in [2.45, 2.75) is 63.7 Å². The SMILES string of the molecule is C=C1C(=C)[C@](O)(CCC(=O)O)[C@@]2(C)CC[C@H]3[C@@H](C(SC(C)=O)CC4=CC(=O)C=C[C@@]43C)[C@H]12. The lowest BCUT2D eigenvalue weighted by Gasteiger charge is -2.60. The summed E-state index contributed by atoms with van der Waals surface area (Å²) >= 11 is 1.32. The first-order valence-corrected chi connectivity index (χ1v) is 12.2. The Morgan fingerprint density at radius 1 is 1.28 bits per heavy atom. The van der Waals surface area contributed by atoms with Crippen molar-refractivity contribution in [1.82, 2.24) is 0 Å². The number of aliphatic hydroxyl groups is 1. The molecule has 3 saturated carbocycles. The summed E-state index contributed by atoms with van der Waals surface area (Å²) in [5.41, 5.74) is 0.197. The molecule has 32 heavy (non-hydrogen) atoms. The number of hydrogen-bond acceptors (Lipinski definition) is 5. The van der Waals surface area contributed by atoms with Crippen LogP contribution in [0.15, 0.2) is 48.1 Å². The molecule has 5 nitrogen and oxygen atoms in total. The number of allylic oxidation sites excluding steroid dienone is 4. The number of carbonyl (C=O) groups is 3. The van der Waals surface area contributed by atoms with Crippen LogP contribution < -0.4 is 0 Å². The van der Waals surface area contributed by atoms with Crippen LogP contribution in [0.2, 0.25) is 0 Å². The molecule has 172 valence electrons. The maximum Gasteiger partial charge on any atom is 0.303 e. The minimum absolute atomic E-state index is 0.00940. The normalized spacial score (nSPS) is 42.8. The third-order valence-electron chi connectivity index (χ3n) is 8.96. The van der Waals surface area contributed by atoms with E-state index >= 15 is 0 Å². The zero-order valence-corrected chi connectivity index (χ0v) is 19.8. The van der Waals surface area contributed by atoms with Crippen LogP contribution in [0.3, 0.4) is 0 Å². The molecular formula is C26H32O5S. The molecule has 0 amide bonds. The summed E-state index contributed by atoms with van der Waals surface area (Å²) in [5.74, 6) is -0.808. The third-order valence-corrected chi connectivity index (χ3v) is 10.1. The van der Waals surface area contributed by atoms with Crippen molar-refractivity contribution in [3.8, 4) is 0 Å². The molecule has 4 aliphatic rings. The summed E-state index contributed by atoms with van der Waals surface area (Å²) in [6.45, 7) is 14.3. The molecule has 0 aliphatic heterocycles. The van der Waals surface area contributed by atoms with Gasteiger partial charge < -0.3 is 10.2 Å². The Hall–Kier alpha value is -1.92. The molecule has 0 aromatic heterocycles. The van der Waals surface area contributed by atoms with Crippen molar-refractivity contribution in [2.24, 2.45) is 28.6 Å². The highest BCUT2D eigenvalue weighted by Gasteiger charge is 2.68. The first kappa shape index (κ1) is 23.2. The zero-order valence-electron chi connectivity index (χ0n) is 19.0. The quantitative estimate of drug-likeness (QED) is 0.648. The van der Waals surface area contributed by atoms with E-state index in [1.165, 1.54) is 11.8 Å². The van der Waals surface area contributed by atoms with Gasteiger partial charge in [0.25, 0.3) is 0 Å². The molecule has 4 aliphatic carbocycles. The third kappa shape index (κ3) is 3.13. The van der Waals surface area contributed by atoms with Crippen molar-refractivity contribution >= 4 is 28.6 Å². The summed E-state index contributed by atoms with van der Waals surface area (Å²) in [4.78, 5) is 35.7. The highest BCUT2D eigenvalue weighted by molar-refractivity contribution is 8.14. The van der Waals surface area contributed by atoms with Crippen molar-refractivity contribution < 1.29 is 24.6 Å². The van der Waals surface area contributed by atoms with E-state index in [1.54, 1.807) is 19.1 Å². The minimum Gasteiger partial charge on any atom is -0.481 e. The number of carbonyl (C=O) groups excluding carboxylic acids is 2. The van der Waals surface area contributed by atoms with Gasteiger partial charge in [-0.1, -0.05) is 50.4 Å². The predicted molar refractivity (Wildman–Crippen MR) is 125 cm³/mol. The maximum absolute atomic E-state index is 12.2. The van der Waals surface area contributed by atoms with E-state index in [1.807, 2.05) is 13.0 Å². The van der Waals surface area contributed by atoms with E-state index in [0.717, 1.165) is 17.6 Å². The number of carboxylic acids is 1. The van der Waals surface area contributed by atoms with Crippen LogP contribution >= 0.6 is 11.8 Å². The Kier molecular flexibility index (Phi) is 5.49. The lowest BCUT2D eigenvalue weighted by atomic mass is 9.46.